The maximum absolute atomic E-state index is 13.8. The minimum Gasteiger partial charge on any atom is -0.493 e. The molecule has 0 spiro atoms. The monoisotopic (exact) mass is 531 g/mol. The molecule has 38 heavy (non-hydrogen) atoms. The molecule has 1 unspecified atom stereocenters. The Kier molecular flexibility index (Phi) is 6.70. The number of carbonyl (C=O) groups is 1. The maximum Gasteiger partial charge on any atom is 0.290 e. The fourth-order valence-electron chi connectivity index (χ4n) is 5.02. The lowest BCUT2D eigenvalue weighted by atomic mass is 9.86. The smallest absolute Gasteiger partial charge is 0.290 e. The molecule has 0 radical (unpaired) electrons. The molecule has 1 atom stereocenters. The summed E-state index contributed by atoms with van der Waals surface area (Å²) in [4.78, 5) is 29.2. The predicted molar refractivity (Wildman–Crippen MR) is 149 cm³/mol. The van der Waals surface area contributed by atoms with Crippen LogP contribution in [0.3, 0.4) is 0 Å². The summed E-state index contributed by atoms with van der Waals surface area (Å²) >= 11 is 6.20. The standard InChI is InChI=1S/C31H30ClNO5/c1-31(2,3)20-9-7-19(8-10-20)27-26-28(34)22-17-21(32)11-13-23(22)38-29(26)30(35)33(27)15-14-18-6-12-24(36-4)25(16-18)37-5/h6-13,16-17,27H,14-15H2,1-5H3. The van der Waals surface area contributed by atoms with Gasteiger partial charge in [0.15, 0.2) is 16.9 Å². The second-order valence-electron chi connectivity index (χ2n) is 10.5. The average molecular weight is 532 g/mol. The first kappa shape index (κ1) is 25.9. The third-order valence-corrected chi connectivity index (χ3v) is 7.34. The van der Waals surface area contributed by atoms with Crippen LogP contribution >= 0.6 is 11.6 Å². The van der Waals surface area contributed by atoms with Gasteiger partial charge in [-0.1, -0.05) is 62.7 Å². The summed E-state index contributed by atoms with van der Waals surface area (Å²) in [7, 11) is 3.18. The Morgan fingerprint density at radius 2 is 1.63 bits per heavy atom. The van der Waals surface area contributed by atoms with E-state index in [1.807, 2.05) is 30.3 Å². The van der Waals surface area contributed by atoms with Gasteiger partial charge < -0.3 is 18.8 Å². The molecule has 1 amide bonds. The molecule has 0 aliphatic carbocycles. The summed E-state index contributed by atoms with van der Waals surface area (Å²) in [6.07, 6.45) is 0.552. The van der Waals surface area contributed by atoms with Gasteiger partial charge in [-0.2, -0.15) is 0 Å². The molecule has 0 saturated carbocycles. The van der Waals surface area contributed by atoms with E-state index in [0.29, 0.717) is 46.0 Å². The van der Waals surface area contributed by atoms with Gasteiger partial charge in [0.25, 0.3) is 5.91 Å². The van der Waals surface area contributed by atoms with Crippen molar-refractivity contribution in [1.29, 1.82) is 0 Å². The van der Waals surface area contributed by atoms with Gasteiger partial charge in [-0.25, -0.2) is 0 Å². The topological polar surface area (TPSA) is 69.0 Å². The molecule has 4 aromatic rings. The number of hydrogen-bond donors (Lipinski definition) is 0. The highest BCUT2D eigenvalue weighted by molar-refractivity contribution is 6.31. The molecule has 0 fully saturated rings. The van der Waals surface area contributed by atoms with E-state index < -0.39 is 6.04 Å². The molecule has 0 bridgehead atoms. The molecular formula is C31H30ClNO5. The lowest BCUT2D eigenvalue weighted by Gasteiger charge is -2.26. The fourth-order valence-corrected chi connectivity index (χ4v) is 5.19. The van der Waals surface area contributed by atoms with E-state index >= 15 is 0 Å². The Labute approximate surface area is 226 Å². The van der Waals surface area contributed by atoms with Crippen LogP contribution in [0, 0.1) is 0 Å². The van der Waals surface area contributed by atoms with Crippen molar-refractivity contribution in [1.82, 2.24) is 4.90 Å². The van der Waals surface area contributed by atoms with Crippen molar-refractivity contribution in [2.45, 2.75) is 38.6 Å². The third-order valence-electron chi connectivity index (χ3n) is 7.11. The van der Waals surface area contributed by atoms with E-state index in [1.165, 1.54) is 5.56 Å². The van der Waals surface area contributed by atoms with Crippen LogP contribution in [0.1, 0.15) is 59.6 Å². The van der Waals surface area contributed by atoms with Crippen molar-refractivity contribution in [3.05, 3.63) is 104 Å². The Morgan fingerprint density at radius 3 is 2.29 bits per heavy atom. The Hall–Kier alpha value is -3.77. The minimum absolute atomic E-state index is 0.0268. The number of halogens is 1. The van der Waals surface area contributed by atoms with Gasteiger partial charge in [-0.05, 0) is 58.9 Å². The number of nitrogens with zero attached hydrogens (tertiary/aromatic N) is 1. The van der Waals surface area contributed by atoms with Gasteiger partial charge in [-0.15, -0.1) is 0 Å². The SMILES string of the molecule is COc1ccc(CCN2C(=O)c3oc4ccc(Cl)cc4c(=O)c3C2c2ccc(C(C)(C)C)cc2)cc1OC. The highest BCUT2D eigenvalue weighted by Crippen LogP contribution is 2.39. The molecule has 196 valence electrons. The molecule has 5 rings (SSSR count). The van der Waals surface area contributed by atoms with E-state index in [9.17, 15) is 9.59 Å². The molecular weight excluding hydrogens is 502 g/mol. The molecule has 1 aliphatic heterocycles. The number of carbonyl (C=O) groups excluding carboxylic acids is 1. The minimum atomic E-state index is -0.578. The van der Waals surface area contributed by atoms with Crippen LogP contribution in [-0.4, -0.2) is 31.6 Å². The van der Waals surface area contributed by atoms with E-state index in [0.717, 1.165) is 11.1 Å². The first-order chi connectivity index (χ1) is 18.1. The van der Waals surface area contributed by atoms with Crippen molar-refractivity contribution >= 4 is 28.5 Å². The number of benzene rings is 3. The van der Waals surface area contributed by atoms with Gasteiger partial charge in [0, 0.05) is 11.6 Å². The van der Waals surface area contributed by atoms with Crippen molar-refractivity contribution in [2.75, 3.05) is 20.8 Å². The highest BCUT2D eigenvalue weighted by atomic mass is 35.5. The van der Waals surface area contributed by atoms with Gasteiger partial charge in [0.05, 0.1) is 31.2 Å². The van der Waals surface area contributed by atoms with Gasteiger partial charge >= 0.3 is 0 Å². The van der Waals surface area contributed by atoms with E-state index in [-0.39, 0.29) is 22.5 Å². The predicted octanol–water partition coefficient (Wildman–Crippen LogP) is 6.55. The summed E-state index contributed by atoms with van der Waals surface area (Å²) in [6, 6.07) is 18.1. The number of ether oxygens (including phenoxy) is 2. The summed E-state index contributed by atoms with van der Waals surface area (Å²) in [5.41, 5.74) is 3.42. The summed E-state index contributed by atoms with van der Waals surface area (Å²) in [6.45, 7) is 6.82. The van der Waals surface area contributed by atoms with Gasteiger partial charge in [0.1, 0.15) is 5.58 Å². The van der Waals surface area contributed by atoms with Crippen LogP contribution in [0.2, 0.25) is 5.02 Å². The van der Waals surface area contributed by atoms with E-state index in [2.05, 4.69) is 32.9 Å². The first-order valence-electron chi connectivity index (χ1n) is 12.5. The molecule has 0 N–H and O–H groups in total. The van der Waals surface area contributed by atoms with E-state index in [1.54, 1.807) is 37.3 Å². The third kappa shape index (κ3) is 4.54. The first-order valence-corrected chi connectivity index (χ1v) is 12.9. The van der Waals surface area contributed by atoms with Crippen molar-refractivity contribution < 1.29 is 18.7 Å². The van der Waals surface area contributed by atoms with Crippen molar-refractivity contribution in [3.63, 3.8) is 0 Å². The van der Waals surface area contributed by atoms with Crippen LogP contribution in [0.25, 0.3) is 11.0 Å². The second kappa shape index (κ2) is 9.84. The van der Waals surface area contributed by atoms with Crippen LogP contribution in [0.15, 0.2) is 69.9 Å². The average Bonchev–Trinajstić information content (AvgIpc) is 3.18. The normalized spacial score (nSPS) is 15.2. The summed E-state index contributed by atoms with van der Waals surface area (Å²) < 4.78 is 16.8. The zero-order chi connectivity index (χ0) is 27.2. The number of amides is 1. The number of methoxy groups -OCH3 is 2. The molecule has 6 nitrogen and oxygen atoms in total. The van der Waals surface area contributed by atoms with Gasteiger partial charge in [-0.3, -0.25) is 9.59 Å². The molecule has 3 aromatic carbocycles. The number of hydrogen-bond acceptors (Lipinski definition) is 5. The lowest BCUT2D eigenvalue weighted by Crippen LogP contribution is -2.31. The largest absolute Gasteiger partial charge is 0.493 e. The molecule has 7 heteroatoms. The van der Waals surface area contributed by atoms with E-state index in [4.69, 9.17) is 25.5 Å². The Morgan fingerprint density at radius 1 is 0.921 bits per heavy atom. The molecule has 1 aliphatic rings. The van der Waals surface area contributed by atoms with Crippen LogP contribution in [-0.2, 0) is 11.8 Å². The summed E-state index contributed by atoms with van der Waals surface area (Å²) in [5.74, 6) is 1.04. The lowest BCUT2D eigenvalue weighted by molar-refractivity contribution is 0.0730. The number of fused-ring (bicyclic) bond motifs is 2. The molecule has 1 aromatic heterocycles. The zero-order valence-corrected chi connectivity index (χ0v) is 22.9. The van der Waals surface area contributed by atoms with Gasteiger partial charge in [0.2, 0.25) is 5.76 Å². The Bertz CT molecular complexity index is 1580. The zero-order valence-electron chi connectivity index (χ0n) is 22.1. The van der Waals surface area contributed by atoms with Crippen LogP contribution in [0.5, 0.6) is 11.5 Å². The summed E-state index contributed by atoms with van der Waals surface area (Å²) in [5, 5.41) is 0.799. The van der Waals surface area contributed by atoms with Crippen LogP contribution < -0.4 is 14.9 Å². The fraction of sp³-hybridized carbons (Fsp3) is 0.290. The van der Waals surface area contributed by atoms with Crippen LogP contribution in [0.4, 0.5) is 0 Å². The maximum atomic E-state index is 13.8. The quantitative estimate of drug-likeness (QED) is 0.282. The number of rotatable bonds is 6. The Balaban J connectivity index is 1.59. The molecule has 0 saturated heterocycles. The van der Waals surface area contributed by atoms with Crippen molar-refractivity contribution in [2.24, 2.45) is 0 Å². The second-order valence-corrected chi connectivity index (χ2v) is 11.0. The van der Waals surface area contributed by atoms with Crippen molar-refractivity contribution in [3.8, 4) is 11.5 Å². The highest BCUT2D eigenvalue weighted by Gasteiger charge is 2.42. The molecule has 2 heterocycles.